The number of aromatic nitrogens is 3. The molecule has 11 nitrogen and oxygen atoms in total. The fraction of sp³-hybridized carbons (Fsp3) is 0.379. The van der Waals surface area contributed by atoms with Crippen LogP contribution in [0.4, 0.5) is 22.1 Å². The molecular formula is C29H35N7O4. The van der Waals surface area contributed by atoms with Gasteiger partial charge in [-0.2, -0.15) is 0 Å². The Kier molecular flexibility index (Phi) is 8.61. The van der Waals surface area contributed by atoms with Crippen LogP contribution < -0.4 is 15.5 Å². The van der Waals surface area contributed by atoms with E-state index in [1.165, 1.54) is 6.20 Å². The van der Waals surface area contributed by atoms with Crippen molar-refractivity contribution in [1.82, 2.24) is 19.9 Å². The number of ether oxygens (including phenoxy) is 1. The molecule has 0 atom stereocenters. The topological polar surface area (TPSA) is 130 Å². The van der Waals surface area contributed by atoms with E-state index in [4.69, 9.17) is 4.74 Å². The van der Waals surface area contributed by atoms with E-state index in [9.17, 15) is 14.4 Å². The number of benzene rings is 1. The van der Waals surface area contributed by atoms with Crippen LogP contribution in [-0.2, 0) is 4.74 Å². The fourth-order valence-electron chi connectivity index (χ4n) is 4.12. The van der Waals surface area contributed by atoms with Gasteiger partial charge >= 0.3 is 6.09 Å². The molecule has 3 amide bonds. The Labute approximate surface area is 234 Å². The summed E-state index contributed by atoms with van der Waals surface area (Å²) in [6, 6.07) is 8.77. The Morgan fingerprint density at radius 3 is 2.27 bits per heavy atom. The number of carbonyl (C=O) groups excluding carboxylic acids is 3. The van der Waals surface area contributed by atoms with E-state index < -0.39 is 17.4 Å². The van der Waals surface area contributed by atoms with Gasteiger partial charge in [0.25, 0.3) is 11.8 Å². The van der Waals surface area contributed by atoms with Gasteiger partial charge in [0.1, 0.15) is 22.9 Å². The summed E-state index contributed by atoms with van der Waals surface area (Å²) in [4.78, 5) is 55.2. The van der Waals surface area contributed by atoms with Crippen molar-refractivity contribution in [2.45, 2.75) is 46.6 Å². The lowest BCUT2D eigenvalue weighted by molar-refractivity contribution is 0.0263. The third kappa shape index (κ3) is 7.52. The van der Waals surface area contributed by atoms with Crippen molar-refractivity contribution < 1.29 is 19.1 Å². The van der Waals surface area contributed by atoms with Gasteiger partial charge in [-0.3, -0.25) is 9.59 Å². The average Bonchev–Trinajstić information content (AvgIpc) is 3.17. The largest absolute Gasteiger partial charge is 0.444 e. The first kappa shape index (κ1) is 28.5. The molecule has 210 valence electrons. The van der Waals surface area contributed by atoms with E-state index >= 15 is 0 Å². The highest BCUT2D eigenvalue weighted by Gasteiger charge is 2.25. The van der Waals surface area contributed by atoms with Crippen LogP contribution >= 0.6 is 0 Å². The lowest BCUT2D eigenvalue weighted by Gasteiger charge is -2.26. The summed E-state index contributed by atoms with van der Waals surface area (Å²) in [7, 11) is 0. The van der Waals surface area contributed by atoms with Gasteiger partial charge in [0.05, 0.1) is 23.6 Å². The van der Waals surface area contributed by atoms with Crippen LogP contribution in [0.15, 0.2) is 48.9 Å². The second-order valence-corrected chi connectivity index (χ2v) is 10.7. The van der Waals surface area contributed by atoms with Crippen molar-refractivity contribution in [3.8, 4) is 0 Å². The molecular weight excluding hydrogens is 510 g/mol. The van der Waals surface area contributed by atoms with Gasteiger partial charge in [-0.05, 0) is 64.8 Å². The lowest BCUT2D eigenvalue weighted by atomic mass is 10.1. The van der Waals surface area contributed by atoms with Crippen molar-refractivity contribution in [3.05, 3.63) is 71.3 Å². The predicted octanol–water partition coefficient (Wildman–Crippen LogP) is 4.44. The van der Waals surface area contributed by atoms with Crippen molar-refractivity contribution in [1.29, 1.82) is 0 Å². The van der Waals surface area contributed by atoms with E-state index in [2.05, 4.69) is 25.6 Å². The molecule has 11 heteroatoms. The van der Waals surface area contributed by atoms with Crippen molar-refractivity contribution in [3.63, 3.8) is 0 Å². The standard InChI is InChI=1S/C29H35N7O4/c1-19-7-9-22(21(15-19)26(37)34-24-10-8-20(2)16-31-24)33-27(38)23-17-32-25(18-30-23)35-11-6-12-36(14-13-35)28(39)40-29(3,4)5/h7-10,15-18H,6,11-14H2,1-5H3,(H,33,38)(H,31,34,37). The average molecular weight is 546 g/mol. The van der Waals surface area contributed by atoms with Crippen LogP contribution in [0.25, 0.3) is 0 Å². The smallest absolute Gasteiger partial charge is 0.410 e. The maximum absolute atomic E-state index is 13.0. The molecule has 1 saturated heterocycles. The van der Waals surface area contributed by atoms with Crippen LogP contribution in [0.2, 0.25) is 0 Å². The van der Waals surface area contributed by atoms with Gasteiger partial charge in [0, 0.05) is 32.4 Å². The highest BCUT2D eigenvalue weighted by molar-refractivity contribution is 6.12. The van der Waals surface area contributed by atoms with Gasteiger partial charge in [0.15, 0.2) is 0 Å². The lowest BCUT2D eigenvalue weighted by Crippen LogP contribution is -2.39. The number of amides is 3. The molecule has 40 heavy (non-hydrogen) atoms. The van der Waals surface area contributed by atoms with Gasteiger partial charge in [-0.1, -0.05) is 17.7 Å². The number of rotatable bonds is 5. The molecule has 3 aromatic rings. The van der Waals surface area contributed by atoms with E-state index in [0.29, 0.717) is 49.1 Å². The maximum atomic E-state index is 13.0. The van der Waals surface area contributed by atoms with Crippen molar-refractivity contribution >= 4 is 35.2 Å². The molecule has 3 heterocycles. The third-order valence-corrected chi connectivity index (χ3v) is 6.16. The molecule has 0 bridgehead atoms. The number of hydrogen-bond acceptors (Lipinski definition) is 8. The minimum atomic E-state index is -0.549. The highest BCUT2D eigenvalue weighted by atomic mass is 16.6. The molecule has 2 aromatic heterocycles. The van der Waals surface area contributed by atoms with Crippen LogP contribution in [0.3, 0.4) is 0 Å². The summed E-state index contributed by atoms with van der Waals surface area (Å²) in [5.74, 6) is 0.151. The minimum absolute atomic E-state index is 0.112. The molecule has 1 fully saturated rings. The molecule has 0 spiro atoms. The third-order valence-electron chi connectivity index (χ3n) is 6.16. The Morgan fingerprint density at radius 2 is 1.60 bits per heavy atom. The molecule has 1 aliphatic heterocycles. The minimum Gasteiger partial charge on any atom is -0.444 e. The SMILES string of the molecule is Cc1ccc(NC(=O)c2cc(C)ccc2NC(=O)c2cnc(N3CCCN(C(=O)OC(C)(C)C)CC3)cn2)nc1. The van der Waals surface area contributed by atoms with Crippen LogP contribution in [-0.4, -0.2) is 69.5 Å². The first-order valence-corrected chi connectivity index (χ1v) is 13.2. The molecule has 0 radical (unpaired) electrons. The predicted molar refractivity (Wildman–Crippen MR) is 153 cm³/mol. The fourth-order valence-corrected chi connectivity index (χ4v) is 4.12. The number of anilines is 3. The first-order chi connectivity index (χ1) is 19.0. The molecule has 0 saturated carbocycles. The van der Waals surface area contributed by atoms with Crippen LogP contribution in [0.1, 0.15) is 59.2 Å². The number of hydrogen-bond donors (Lipinski definition) is 2. The molecule has 1 aliphatic rings. The van der Waals surface area contributed by atoms with Gasteiger partial charge in [-0.15, -0.1) is 0 Å². The number of nitrogens with zero attached hydrogens (tertiary/aromatic N) is 5. The van der Waals surface area contributed by atoms with E-state index in [1.807, 2.05) is 51.7 Å². The summed E-state index contributed by atoms with van der Waals surface area (Å²) < 4.78 is 5.50. The number of aryl methyl sites for hydroxylation is 2. The summed E-state index contributed by atoms with van der Waals surface area (Å²) in [5.41, 5.74) is 2.06. The molecule has 1 aromatic carbocycles. The highest BCUT2D eigenvalue weighted by Crippen LogP contribution is 2.21. The number of nitrogens with one attached hydrogen (secondary N) is 2. The summed E-state index contributed by atoms with van der Waals surface area (Å²) in [6.07, 6.45) is 5.04. The molecule has 0 unspecified atom stereocenters. The van der Waals surface area contributed by atoms with Crippen molar-refractivity contribution in [2.24, 2.45) is 0 Å². The second kappa shape index (κ2) is 12.1. The quantitative estimate of drug-likeness (QED) is 0.481. The zero-order valence-electron chi connectivity index (χ0n) is 23.5. The van der Waals surface area contributed by atoms with E-state index in [-0.39, 0.29) is 11.8 Å². The van der Waals surface area contributed by atoms with Gasteiger partial charge in [-0.25, -0.2) is 19.7 Å². The summed E-state index contributed by atoms with van der Waals surface area (Å²) >= 11 is 0. The zero-order chi connectivity index (χ0) is 28.9. The van der Waals surface area contributed by atoms with Gasteiger partial charge < -0.3 is 25.2 Å². The number of pyridine rings is 1. The van der Waals surface area contributed by atoms with Gasteiger partial charge in [0.2, 0.25) is 0 Å². The monoisotopic (exact) mass is 545 g/mol. The first-order valence-electron chi connectivity index (χ1n) is 13.2. The molecule has 4 rings (SSSR count). The zero-order valence-corrected chi connectivity index (χ0v) is 23.5. The Bertz CT molecular complexity index is 1370. The van der Waals surface area contributed by atoms with Crippen LogP contribution in [0.5, 0.6) is 0 Å². The van der Waals surface area contributed by atoms with Crippen LogP contribution in [0, 0.1) is 13.8 Å². The van der Waals surface area contributed by atoms with E-state index in [0.717, 1.165) is 17.5 Å². The Hall–Kier alpha value is -4.54. The summed E-state index contributed by atoms with van der Waals surface area (Å²) in [5, 5.41) is 5.55. The van der Waals surface area contributed by atoms with E-state index in [1.54, 1.807) is 35.5 Å². The Balaban J connectivity index is 1.41. The molecule has 0 aliphatic carbocycles. The van der Waals surface area contributed by atoms with Crippen molar-refractivity contribution in [2.75, 3.05) is 41.7 Å². The second-order valence-electron chi connectivity index (χ2n) is 10.7. The number of carbonyl (C=O) groups is 3. The molecule has 2 N–H and O–H groups in total. The summed E-state index contributed by atoms with van der Waals surface area (Å²) in [6.45, 7) is 11.7. The maximum Gasteiger partial charge on any atom is 0.410 e. The Morgan fingerprint density at radius 1 is 0.825 bits per heavy atom. The normalized spacial score (nSPS) is 13.8.